The van der Waals surface area contributed by atoms with Gasteiger partial charge in [-0.15, -0.1) is 0 Å². The number of nitrogens with zero attached hydrogens (tertiary/aromatic N) is 2. The van der Waals surface area contributed by atoms with Crippen molar-refractivity contribution in [3.8, 4) is 11.8 Å². The maximum absolute atomic E-state index is 13.5. The molecule has 0 spiro atoms. The summed E-state index contributed by atoms with van der Waals surface area (Å²) in [7, 11) is 0. The number of benzene rings is 3. The third-order valence-corrected chi connectivity index (χ3v) is 9.32. The summed E-state index contributed by atoms with van der Waals surface area (Å²) in [5.41, 5.74) is 3.13. The summed E-state index contributed by atoms with van der Waals surface area (Å²) in [4.78, 5) is 28.5. The van der Waals surface area contributed by atoms with Gasteiger partial charge >= 0.3 is 5.97 Å². The van der Waals surface area contributed by atoms with E-state index in [0.717, 1.165) is 82.4 Å². The zero-order valence-corrected chi connectivity index (χ0v) is 25.7. The molecule has 0 aromatic heterocycles. The number of aliphatic carboxylic acids is 1. The second kappa shape index (κ2) is 15.3. The Labute approximate surface area is 260 Å². The number of carboxylic acid groups (broad SMARTS) is 1. The van der Waals surface area contributed by atoms with Crippen LogP contribution in [0.4, 0.5) is 4.39 Å². The third kappa shape index (κ3) is 8.46. The van der Waals surface area contributed by atoms with Gasteiger partial charge in [0, 0.05) is 36.4 Å². The minimum Gasteiger partial charge on any atom is -0.481 e. The van der Waals surface area contributed by atoms with Crippen LogP contribution in [0.15, 0.2) is 60.7 Å². The minimum atomic E-state index is -0.712. The Balaban J connectivity index is 1.15. The van der Waals surface area contributed by atoms with Crippen molar-refractivity contribution in [2.75, 3.05) is 32.7 Å². The standard InChI is InChI=1S/C37H44FN3O3/c1-27(41-23-18-31(19-24-41)37(44)39-26-29-7-4-9-32(38)25-29)33-10-6-11-34-30(8-5-12-35(33)34)15-14-28-16-21-40(22-17-28)20-3-2-13-36(42)43/h4-12,25,27-28,31H,2-3,13,16-24,26H2,1H3,(H,39,44)(H,42,43). The van der Waals surface area contributed by atoms with Crippen LogP contribution in [0.2, 0.25) is 0 Å². The number of nitrogens with one attached hydrogen (secondary N) is 1. The van der Waals surface area contributed by atoms with E-state index in [4.69, 9.17) is 5.11 Å². The first-order chi connectivity index (χ1) is 21.4. The summed E-state index contributed by atoms with van der Waals surface area (Å²) < 4.78 is 13.5. The van der Waals surface area contributed by atoms with E-state index in [1.54, 1.807) is 6.07 Å². The van der Waals surface area contributed by atoms with Gasteiger partial charge in [-0.3, -0.25) is 14.5 Å². The number of carbonyl (C=O) groups excluding carboxylic acids is 1. The van der Waals surface area contributed by atoms with Crippen LogP contribution in [0.5, 0.6) is 0 Å². The lowest BCUT2D eigenvalue weighted by molar-refractivity contribution is -0.137. The largest absolute Gasteiger partial charge is 0.481 e. The van der Waals surface area contributed by atoms with Gasteiger partial charge in [-0.2, -0.15) is 0 Å². The highest BCUT2D eigenvalue weighted by molar-refractivity contribution is 5.91. The van der Waals surface area contributed by atoms with Crippen molar-refractivity contribution in [2.24, 2.45) is 11.8 Å². The molecule has 2 N–H and O–H groups in total. The number of piperidine rings is 2. The molecule has 2 heterocycles. The molecule has 3 aromatic rings. The highest BCUT2D eigenvalue weighted by Gasteiger charge is 2.28. The van der Waals surface area contributed by atoms with Crippen LogP contribution in [0.25, 0.3) is 10.8 Å². The van der Waals surface area contributed by atoms with E-state index < -0.39 is 5.97 Å². The van der Waals surface area contributed by atoms with Crippen LogP contribution in [0.1, 0.15) is 74.6 Å². The van der Waals surface area contributed by atoms with E-state index in [1.807, 2.05) is 6.07 Å². The first-order valence-corrected chi connectivity index (χ1v) is 16.1. The van der Waals surface area contributed by atoms with Gasteiger partial charge in [0.25, 0.3) is 0 Å². The Hall–Kier alpha value is -3.73. The number of unbranched alkanes of at least 4 members (excludes halogenated alkanes) is 1. The molecule has 2 fully saturated rings. The normalized spacial score (nSPS) is 17.6. The minimum absolute atomic E-state index is 0.0230. The van der Waals surface area contributed by atoms with Crippen molar-refractivity contribution in [3.63, 3.8) is 0 Å². The molecule has 1 amide bonds. The van der Waals surface area contributed by atoms with Crippen molar-refractivity contribution < 1.29 is 19.1 Å². The maximum atomic E-state index is 13.5. The van der Waals surface area contributed by atoms with Gasteiger partial charge in [0.1, 0.15) is 5.82 Å². The molecule has 2 aliphatic heterocycles. The second-order valence-electron chi connectivity index (χ2n) is 12.3. The quantitative estimate of drug-likeness (QED) is 0.209. The van der Waals surface area contributed by atoms with Crippen molar-refractivity contribution in [1.82, 2.24) is 15.1 Å². The van der Waals surface area contributed by atoms with Gasteiger partial charge in [-0.1, -0.05) is 54.3 Å². The summed E-state index contributed by atoms with van der Waals surface area (Å²) >= 11 is 0. The van der Waals surface area contributed by atoms with Crippen LogP contribution in [-0.2, 0) is 16.1 Å². The molecule has 1 atom stereocenters. The van der Waals surface area contributed by atoms with Gasteiger partial charge in [-0.05, 0) is 118 Å². The molecular formula is C37H44FN3O3. The van der Waals surface area contributed by atoms with Gasteiger partial charge in [0.2, 0.25) is 5.91 Å². The zero-order chi connectivity index (χ0) is 30.9. The number of rotatable bonds is 10. The van der Waals surface area contributed by atoms with Crippen molar-refractivity contribution in [3.05, 3.63) is 83.2 Å². The summed E-state index contributed by atoms with van der Waals surface area (Å²) in [6.45, 7) is 7.33. The first kappa shape index (κ1) is 31.7. The molecular weight excluding hydrogens is 553 g/mol. The van der Waals surface area contributed by atoms with Crippen LogP contribution in [0, 0.1) is 29.5 Å². The first-order valence-electron chi connectivity index (χ1n) is 16.1. The predicted octanol–water partition coefficient (Wildman–Crippen LogP) is 6.39. The van der Waals surface area contributed by atoms with Crippen molar-refractivity contribution in [2.45, 2.75) is 64.5 Å². The fraction of sp³-hybridized carbons (Fsp3) is 0.459. The Morgan fingerprint density at radius 3 is 2.43 bits per heavy atom. The fourth-order valence-electron chi connectivity index (χ4n) is 6.63. The van der Waals surface area contributed by atoms with Gasteiger partial charge in [0.05, 0.1) is 0 Å². The molecule has 1 unspecified atom stereocenters. The molecule has 44 heavy (non-hydrogen) atoms. The highest BCUT2D eigenvalue weighted by Crippen LogP contribution is 2.32. The third-order valence-electron chi connectivity index (χ3n) is 9.32. The van der Waals surface area contributed by atoms with E-state index in [1.165, 1.54) is 28.5 Å². The number of fused-ring (bicyclic) bond motifs is 1. The SMILES string of the molecule is CC(c1cccc2c(C#CC3CCN(CCCCC(=O)O)CC3)cccc12)N1CCC(C(=O)NCc2cccc(F)c2)CC1. The Morgan fingerprint density at radius 1 is 0.955 bits per heavy atom. The predicted molar refractivity (Wildman–Crippen MR) is 172 cm³/mol. The van der Waals surface area contributed by atoms with Crippen LogP contribution >= 0.6 is 0 Å². The Bertz CT molecular complexity index is 1500. The molecule has 0 radical (unpaired) electrons. The van der Waals surface area contributed by atoms with Gasteiger partial charge < -0.3 is 15.3 Å². The van der Waals surface area contributed by atoms with Crippen molar-refractivity contribution in [1.29, 1.82) is 0 Å². The number of likely N-dealkylation sites (tertiary alicyclic amines) is 2. The molecule has 2 aliphatic rings. The maximum Gasteiger partial charge on any atom is 0.303 e. The van der Waals surface area contributed by atoms with Gasteiger partial charge in [0.15, 0.2) is 0 Å². The summed E-state index contributed by atoms with van der Waals surface area (Å²) in [5.74, 6) is 6.49. The molecule has 3 aromatic carbocycles. The summed E-state index contributed by atoms with van der Waals surface area (Å²) in [6.07, 6.45) is 5.65. The molecule has 6 nitrogen and oxygen atoms in total. The molecule has 0 saturated carbocycles. The molecule has 2 saturated heterocycles. The van der Waals surface area contributed by atoms with Crippen molar-refractivity contribution >= 4 is 22.6 Å². The van der Waals surface area contributed by atoms with E-state index in [9.17, 15) is 14.0 Å². The monoisotopic (exact) mass is 597 g/mol. The lowest BCUT2D eigenvalue weighted by Gasteiger charge is -2.36. The van der Waals surface area contributed by atoms with E-state index >= 15 is 0 Å². The smallest absolute Gasteiger partial charge is 0.303 e. The Morgan fingerprint density at radius 2 is 1.68 bits per heavy atom. The topological polar surface area (TPSA) is 72.9 Å². The Kier molecular flexibility index (Phi) is 11.0. The van der Waals surface area contributed by atoms with E-state index in [-0.39, 0.29) is 30.1 Å². The lowest BCUT2D eigenvalue weighted by Crippen LogP contribution is -2.41. The number of amides is 1. The highest BCUT2D eigenvalue weighted by atomic mass is 19.1. The molecule has 5 rings (SSSR count). The van der Waals surface area contributed by atoms with Crippen LogP contribution in [-0.4, -0.2) is 59.5 Å². The number of carboxylic acids is 1. The zero-order valence-electron chi connectivity index (χ0n) is 25.7. The average molecular weight is 598 g/mol. The van der Waals surface area contributed by atoms with E-state index in [2.05, 4.69) is 70.3 Å². The van der Waals surface area contributed by atoms with E-state index in [0.29, 0.717) is 12.5 Å². The summed E-state index contributed by atoms with van der Waals surface area (Å²) in [6, 6.07) is 19.5. The number of carbonyl (C=O) groups is 2. The second-order valence-corrected chi connectivity index (χ2v) is 12.3. The molecule has 0 bridgehead atoms. The average Bonchev–Trinajstić information content (AvgIpc) is 3.04. The summed E-state index contributed by atoms with van der Waals surface area (Å²) in [5, 5.41) is 14.2. The fourth-order valence-corrected chi connectivity index (χ4v) is 6.63. The number of halogens is 1. The number of hydrogen-bond donors (Lipinski definition) is 2. The molecule has 232 valence electrons. The lowest BCUT2D eigenvalue weighted by atomic mass is 9.91. The molecule has 0 aliphatic carbocycles. The van der Waals surface area contributed by atoms with Crippen LogP contribution in [0.3, 0.4) is 0 Å². The molecule has 7 heteroatoms. The van der Waals surface area contributed by atoms with Crippen LogP contribution < -0.4 is 5.32 Å². The van der Waals surface area contributed by atoms with Gasteiger partial charge in [-0.25, -0.2) is 4.39 Å². The number of hydrogen-bond acceptors (Lipinski definition) is 4.